The lowest BCUT2D eigenvalue weighted by molar-refractivity contribution is -0.139. The molecule has 1 N–H and O–H groups in total. The van der Waals surface area contributed by atoms with E-state index >= 15 is 0 Å². The summed E-state index contributed by atoms with van der Waals surface area (Å²) in [7, 11) is -4.35. The molecule has 0 aromatic heterocycles. The van der Waals surface area contributed by atoms with Gasteiger partial charge in [0.1, 0.15) is 23.9 Å². The third-order valence-corrected chi connectivity index (χ3v) is 2.94. The van der Waals surface area contributed by atoms with Gasteiger partial charge in [0.05, 0.1) is 0 Å². The lowest BCUT2D eigenvalue weighted by atomic mass is 10.3. The van der Waals surface area contributed by atoms with Crippen LogP contribution < -0.4 is 4.74 Å². The Kier molecular flexibility index (Phi) is 5.08. The van der Waals surface area contributed by atoms with Crippen molar-refractivity contribution < 1.29 is 27.2 Å². The number of esters is 1. The van der Waals surface area contributed by atoms with E-state index in [4.69, 9.17) is 14.0 Å². The minimum Gasteiger partial charge on any atom is -0.489 e. The topological polar surface area (TPSA) is 89.9 Å². The second kappa shape index (κ2) is 6.35. The molecule has 0 fully saturated rings. The molecule has 6 nitrogen and oxygen atoms in total. The highest BCUT2D eigenvalue weighted by Crippen LogP contribution is 2.22. The molecular weight excluding hydrogens is 272 g/mol. The molecule has 0 radical (unpaired) electrons. The van der Waals surface area contributed by atoms with Crippen LogP contribution in [-0.4, -0.2) is 32.2 Å². The molecule has 0 unspecified atom stereocenters. The zero-order chi connectivity index (χ0) is 14.5. The summed E-state index contributed by atoms with van der Waals surface area (Å²) < 4.78 is 41.0. The van der Waals surface area contributed by atoms with Gasteiger partial charge in [0, 0.05) is 5.57 Å². The number of ether oxygens (including phenoxy) is 2. The first kappa shape index (κ1) is 15.2. The molecule has 7 heteroatoms. The quantitative estimate of drug-likeness (QED) is 0.368. The predicted molar refractivity (Wildman–Crippen MR) is 67.5 cm³/mol. The first-order valence-electron chi connectivity index (χ1n) is 5.34. The standard InChI is InChI=1S/C12H14O6S/c1-9(2)12(13)18-8-7-17-10-5-3-4-6-11(10)19(14,15)16/h3-6H,1,7-8H2,2H3,(H,14,15,16). The summed E-state index contributed by atoms with van der Waals surface area (Å²) in [6, 6.07) is 5.62. The van der Waals surface area contributed by atoms with Crippen LogP contribution in [0.5, 0.6) is 5.75 Å². The lowest BCUT2D eigenvalue weighted by Crippen LogP contribution is -2.13. The Bertz CT molecular complexity index is 576. The fraction of sp³-hybridized carbons (Fsp3) is 0.250. The first-order chi connectivity index (χ1) is 8.82. The smallest absolute Gasteiger partial charge is 0.333 e. The van der Waals surface area contributed by atoms with E-state index in [1.807, 2.05) is 0 Å². The number of hydrogen-bond donors (Lipinski definition) is 1. The van der Waals surface area contributed by atoms with Gasteiger partial charge in [-0.2, -0.15) is 8.42 Å². The molecule has 0 saturated heterocycles. The molecule has 0 spiro atoms. The Morgan fingerprint density at radius 3 is 2.53 bits per heavy atom. The Hall–Kier alpha value is -1.86. The van der Waals surface area contributed by atoms with Gasteiger partial charge in [-0.3, -0.25) is 4.55 Å². The van der Waals surface area contributed by atoms with Crippen LogP contribution in [0.2, 0.25) is 0 Å². The SMILES string of the molecule is C=C(C)C(=O)OCCOc1ccccc1S(=O)(=O)O. The first-order valence-corrected chi connectivity index (χ1v) is 6.78. The Balaban J connectivity index is 2.60. The molecule has 0 aliphatic carbocycles. The van der Waals surface area contributed by atoms with E-state index in [1.165, 1.54) is 25.1 Å². The molecule has 0 heterocycles. The second-order valence-corrected chi connectivity index (χ2v) is 5.08. The Morgan fingerprint density at radius 2 is 1.95 bits per heavy atom. The van der Waals surface area contributed by atoms with Crippen LogP contribution in [0.1, 0.15) is 6.92 Å². The summed E-state index contributed by atoms with van der Waals surface area (Å²) in [6.45, 7) is 4.84. The summed E-state index contributed by atoms with van der Waals surface area (Å²) >= 11 is 0. The van der Waals surface area contributed by atoms with Gasteiger partial charge in [-0.25, -0.2) is 4.79 Å². The zero-order valence-electron chi connectivity index (χ0n) is 10.3. The molecule has 0 aliphatic rings. The zero-order valence-corrected chi connectivity index (χ0v) is 11.1. The highest BCUT2D eigenvalue weighted by Gasteiger charge is 2.15. The summed E-state index contributed by atoms with van der Waals surface area (Å²) in [5.41, 5.74) is 0.262. The molecule has 1 aromatic rings. The highest BCUT2D eigenvalue weighted by atomic mass is 32.2. The Morgan fingerprint density at radius 1 is 1.32 bits per heavy atom. The average molecular weight is 286 g/mol. The van der Waals surface area contributed by atoms with Crippen molar-refractivity contribution in [1.29, 1.82) is 0 Å². The molecular formula is C12H14O6S. The van der Waals surface area contributed by atoms with Gasteiger partial charge >= 0.3 is 5.97 Å². The molecule has 0 aliphatic heterocycles. The number of rotatable bonds is 6. The van der Waals surface area contributed by atoms with Crippen LogP contribution in [-0.2, 0) is 19.6 Å². The summed E-state index contributed by atoms with van der Waals surface area (Å²) in [4.78, 5) is 10.7. The fourth-order valence-electron chi connectivity index (χ4n) is 1.19. The van der Waals surface area contributed by atoms with E-state index in [0.29, 0.717) is 0 Å². The third kappa shape index (κ3) is 4.72. The number of hydrogen-bond acceptors (Lipinski definition) is 5. The van der Waals surface area contributed by atoms with Crippen molar-refractivity contribution in [2.24, 2.45) is 0 Å². The summed E-state index contributed by atoms with van der Waals surface area (Å²) in [5, 5.41) is 0. The van der Waals surface area contributed by atoms with Gasteiger partial charge in [-0.05, 0) is 19.1 Å². The van der Waals surface area contributed by atoms with E-state index < -0.39 is 16.1 Å². The van der Waals surface area contributed by atoms with Crippen molar-refractivity contribution in [3.05, 3.63) is 36.4 Å². The van der Waals surface area contributed by atoms with Crippen LogP contribution >= 0.6 is 0 Å². The fourth-order valence-corrected chi connectivity index (χ4v) is 1.82. The third-order valence-electron chi connectivity index (χ3n) is 2.05. The van der Waals surface area contributed by atoms with Crippen LogP contribution in [0.4, 0.5) is 0 Å². The lowest BCUT2D eigenvalue weighted by Gasteiger charge is -2.09. The molecule has 1 aromatic carbocycles. The van der Waals surface area contributed by atoms with E-state index in [2.05, 4.69) is 6.58 Å². The van der Waals surface area contributed by atoms with Crippen LogP contribution in [0.25, 0.3) is 0 Å². The molecule has 19 heavy (non-hydrogen) atoms. The van der Waals surface area contributed by atoms with Crippen molar-refractivity contribution in [1.82, 2.24) is 0 Å². The van der Waals surface area contributed by atoms with Gasteiger partial charge in [0.25, 0.3) is 10.1 Å². The summed E-state index contributed by atoms with van der Waals surface area (Å²) in [5.74, 6) is -0.553. The molecule has 0 bridgehead atoms. The maximum absolute atomic E-state index is 11.1. The molecule has 104 valence electrons. The molecule has 0 amide bonds. The highest BCUT2D eigenvalue weighted by molar-refractivity contribution is 7.86. The van der Waals surface area contributed by atoms with Gasteiger partial charge in [0.15, 0.2) is 0 Å². The maximum atomic E-state index is 11.1. The number of benzene rings is 1. The maximum Gasteiger partial charge on any atom is 0.333 e. The van der Waals surface area contributed by atoms with E-state index in [0.717, 1.165) is 0 Å². The van der Waals surface area contributed by atoms with Gasteiger partial charge in [0.2, 0.25) is 0 Å². The number of para-hydroxylation sites is 1. The van der Waals surface area contributed by atoms with Crippen LogP contribution in [0.15, 0.2) is 41.3 Å². The minimum absolute atomic E-state index is 0.00336. The van der Waals surface area contributed by atoms with Crippen LogP contribution in [0.3, 0.4) is 0 Å². The van der Waals surface area contributed by atoms with Crippen molar-refractivity contribution in [2.75, 3.05) is 13.2 Å². The minimum atomic E-state index is -4.35. The van der Waals surface area contributed by atoms with Gasteiger partial charge in [-0.1, -0.05) is 18.7 Å². The van der Waals surface area contributed by atoms with Crippen molar-refractivity contribution >= 4 is 16.1 Å². The van der Waals surface area contributed by atoms with E-state index in [-0.39, 0.29) is 29.4 Å². The monoisotopic (exact) mass is 286 g/mol. The Labute approximate surface area is 111 Å². The molecule has 0 saturated carbocycles. The number of carbonyl (C=O) groups is 1. The van der Waals surface area contributed by atoms with Crippen molar-refractivity contribution in [2.45, 2.75) is 11.8 Å². The second-order valence-electron chi connectivity index (χ2n) is 3.69. The summed E-state index contributed by atoms with van der Waals surface area (Å²) in [6.07, 6.45) is 0. The molecule has 1 rings (SSSR count). The van der Waals surface area contributed by atoms with Crippen molar-refractivity contribution in [3.63, 3.8) is 0 Å². The van der Waals surface area contributed by atoms with E-state index in [9.17, 15) is 13.2 Å². The van der Waals surface area contributed by atoms with E-state index in [1.54, 1.807) is 6.07 Å². The largest absolute Gasteiger partial charge is 0.489 e. The normalized spacial score (nSPS) is 10.8. The van der Waals surface area contributed by atoms with Gasteiger partial charge < -0.3 is 9.47 Å². The van der Waals surface area contributed by atoms with Crippen molar-refractivity contribution in [3.8, 4) is 5.75 Å². The predicted octanol–water partition coefficient (Wildman–Crippen LogP) is 1.43. The number of carbonyl (C=O) groups excluding carboxylic acids is 1. The van der Waals surface area contributed by atoms with Crippen LogP contribution in [0, 0.1) is 0 Å². The van der Waals surface area contributed by atoms with Gasteiger partial charge in [-0.15, -0.1) is 0 Å². The molecule has 0 atom stereocenters. The average Bonchev–Trinajstić information content (AvgIpc) is 2.33.